The minimum absolute atomic E-state index is 0.0731. The summed E-state index contributed by atoms with van der Waals surface area (Å²) in [5.74, 6) is -0.938. The minimum atomic E-state index is -0.793. The minimum Gasteiger partial charge on any atom is -0.481 e. The predicted molar refractivity (Wildman–Crippen MR) is 120 cm³/mol. The van der Waals surface area contributed by atoms with Crippen LogP contribution in [0, 0.1) is 0 Å². The van der Waals surface area contributed by atoms with Crippen LogP contribution in [0.3, 0.4) is 0 Å². The van der Waals surface area contributed by atoms with Crippen molar-refractivity contribution in [2.75, 3.05) is 13.1 Å². The fraction of sp³-hybridized carbons (Fsp3) is 0.280. The Hall–Kier alpha value is -3.34. The number of nitrogens with zero attached hydrogens (tertiary/aromatic N) is 3. The molecule has 2 aromatic heterocycles. The third-order valence-corrected chi connectivity index (χ3v) is 6.07. The Balaban J connectivity index is 1.82. The lowest BCUT2D eigenvalue weighted by Gasteiger charge is -2.20. The van der Waals surface area contributed by atoms with Crippen LogP contribution in [0.25, 0.3) is 17.0 Å². The highest BCUT2D eigenvalue weighted by molar-refractivity contribution is 5.88. The lowest BCUT2D eigenvalue weighted by Crippen LogP contribution is -2.20. The first-order chi connectivity index (χ1) is 14.6. The molecule has 5 nitrogen and oxygen atoms in total. The number of aromatic nitrogens is 2. The van der Waals surface area contributed by atoms with Crippen LogP contribution < -0.4 is 0 Å². The van der Waals surface area contributed by atoms with Crippen LogP contribution >= 0.6 is 0 Å². The molecule has 0 spiro atoms. The zero-order valence-corrected chi connectivity index (χ0v) is 17.1. The molecule has 1 aromatic carbocycles. The summed E-state index contributed by atoms with van der Waals surface area (Å²) < 4.78 is 2.34. The lowest BCUT2D eigenvalue weighted by atomic mass is 9.97. The highest BCUT2D eigenvalue weighted by Gasteiger charge is 2.24. The number of hydrogen-bond donors (Lipinski definition) is 1. The summed E-state index contributed by atoms with van der Waals surface area (Å²) in [5.41, 5.74) is 5.88. The molecular formula is C25H27N3O2. The smallest absolute Gasteiger partial charge is 0.304 e. The maximum atomic E-state index is 11.6. The largest absolute Gasteiger partial charge is 0.481 e. The van der Waals surface area contributed by atoms with Crippen molar-refractivity contribution >= 4 is 22.9 Å². The molecule has 1 N–H and O–H groups in total. The van der Waals surface area contributed by atoms with Gasteiger partial charge in [0.15, 0.2) is 0 Å². The van der Waals surface area contributed by atoms with Crippen molar-refractivity contribution in [3.63, 3.8) is 0 Å². The highest BCUT2D eigenvalue weighted by Crippen LogP contribution is 2.33. The molecule has 1 unspecified atom stereocenters. The fourth-order valence-corrected chi connectivity index (χ4v) is 4.53. The summed E-state index contributed by atoms with van der Waals surface area (Å²) >= 11 is 0. The van der Waals surface area contributed by atoms with Gasteiger partial charge in [-0.15, -0.1) is 0 Å². The van der Waals surface area contributed by atoms with Crippen molar-refractivity contribution in [2.24, 2.45) is 0 Å². The van der Waals surface area contributed by atoms with E-state index >= 15 is 0 Å². The number of carboxylic acids is 1. The Bertz CT molecular complexity index is 1080. The van der Waals surface area contributed by atoms with Gasteiger partial charge in [-0.2, -0.15) is 0 Å². The molecule has 5 heteroatoms. The number of rotatable bonds is 7. The number of aliphatic carboxylic acids is 1. The van der Waals surface area contributed by atoms with Gasteiger partial charge in [-0.3, -0.25) is 9.78 Å². The Kier molecular flexibility index (Phi) is 5.70. The molecule has 0 aliphatic carbocycles. The molecule has 4 rings (SSSR count). The van der Waals surface area contributed by atoms with E-state index in [1.165, 1.54) is 16.6 Å². The molecule has 0 fully saturated rings. The van der Waals surface area contributed by atoms with E-state index in [9.17, 15) is 9.90 Å². The van der Waals surface area contributed by atoms with E-state index in [1.54, 1.807) is 12.4 Å². The molecule has 1 aliphatic rings. The number of hydrogen-bond acceptors (Lipinski definition) is 3. The van der Waals surface area contributed by atoms with Gasteiger partial charge in [0.25, 0.3) is 0 Å². The van der Waals surface area contributed by atoms with Crippen LogP contribution in [0.5, 0.6) is 0 Å². The van der Waals surface area contributed by atoms with Gasteiger partial charge in [0.2, 0.25) is 0 Å². The number of carboxylic acid groups (broad SMARTS) is 1. The maximum Gasteiger partial charge on any atom is 0.304 e. The van der Waals surface area contributed by atoms with Crippen molar-refractivity contribution in [3.05, 3.63) is 84.5 Å². The SMILES string of the molecule is C=Cc1ccc2c(c1)c1c(n2CC(CC(=O)O)c2cccnc2)CCN(C=C)CC1. The fourth-order valence-electron chi connectivity index (χ4n) is 4.53. The second-order valence-electron chi connectivity index (χ2n) is 7.82. The van der Waals surface area contributed by atoms with Gasteiger partial charge < -0.3 is 14.6 Å². The molecule has 3 heterocycles. The van der Waals surface area contributed by atoms with E-state index in [0.717, 1.165) is 42.6 Å². The van der Waals surface area contributed by atoms with Crippen molar-refractivity contribution in [3.8, 4) is 0 Å². The standard InChI is InChI=1S/C25H27N3O2/c1-3-18-7-8-23-22(14-18)21-9-12-27(4-2)13-10-24(21)28(23)17-20(15-25(29)30)19-6-5-11-26-16-19/h3-8,11,14,16,20H,1-2,9-10,12-13,15,17H2,(H,29,30). The van der Waals surface area contributed by atoms with Crippen LogP contribution in [0.4, 0.5) is 0 Å². The Morgan fingerprint density at radius 1 is 1.23 bits per heavy atom. The lowest BCUT2D eigenvalue weighted by molar-refractivity contribution is -0.137. The molecule has 1 atom stereocenters. The molecule has 0 radical (unpaired) electrons. The molecular weight excluding hydrogens is 374 g/mol. The van der Waals surface area contributed by atoms with Crippen molar-refractivity contribution in [1.29, 1.82) is 0 Å². The summed E-state index contributed by atoms with van der Waals surface area (Å²) in [7, 11) is 0. The van der Waals surface area contributed by atoms with E-state index in [4.69, 9.17) is 0 Å². The van der Waals surface area contributed by atoms with E-state index in [2.05, 4.69) is 45.8 Å². The van der Waals surface area contributed by atoms with E-state index < -0.39 is 5.97 Å². The second-order valence-corrected chi connectivity index (χ2v) is 7.82. The maximum absolute atomic E-state index is 11.6. The summed E-state index contributed by atoms with van der Waals surface area (Å²) in [5, 5.41) is 10.8. The molecule has 0 saturated heterocycles. The Morgan fingerprint density at radius 3 is 2.77 bits per heavy atom. The first kappa shape index (κ1) is 20.0. The van der Waals surface area contributed by atoms with Gasteiger partial charge >= 0.3 is 5.97 Å². The van der Waals surface area contributed by atoms with Crippen LogP contribution in [-0.4, -0.2) is 38.6 Å². The van der Waals surface area contributed by atoms with Gasteiger partial charge in [-0.25, -0.2) is 0 Å². The zero-order chi connectivity index (χ0) is 21.1. The van der Waals surface area contributed by atoms with Crippen LogP contribution in [-0.2, 0) is 24.2 Å². The monoisotopic (exact) mass is 401 g/mol. The van der Waals surface area contributed by atoms with Gasteiger partial charge in [0.1, 0.15) is 0 Å². The van der Waals surface area contributed by atoms with Crippen molar-refractivity contribution < 1.29 is 9.90 Å². The number of benzene rings is 1. The highest BCUT2D eigenvalue weighted by atomic mass is 16.4. The van der Waals surface area contributed by atoms with Crippen LogP contribution in [0.2, 0.25) is 0 Å². The van der Waals surface area contributed by atoms with Crippen LogP contribution in [0.1, 0.15) is 34.7 Å². The van der Waals surface area contributed by atoms with Crippen LogP contribution in [0.15, 0.2) is 62.1 Å². The third-order valence-electron chi connectivity index (χ3n) is 6.07. The molecule has 30 heavy (non-hydrogen) atoms. The summed E-state index contributed by atoms with van der Waals surface area (Å²) in [6.07, 6.45) is 9.22. The van der Waals surface area contributed by atoms with Gasteiger partial charge in [0.05, 0.1) is 6.42 Å². The number of pyridine rings is 1. The van der Waals surface area contributed by atoms with E-state index in [0.29, 0.717) is 6.54 Å². The molecule has 0 bridgehead atoms. The van der Waals surface area contributed by atoms with Gasteiger partial charge in [-0.1, -0.05) is 31.4 Å². The van der Waals surface area contributed by atoms with Gasteiger partial charge in [0, 0.05) is 61.0 Å². The predicted octanol–water partition coefficient (Wildman–Crippen LogP) is 4.48. The number of fused-ring (bicyclic) bond motifs is 3. The summed E-state index contributed by atoms with van der Waals surface area (Å²) in [4.78, 5) is 18.1. The number of carbonyl (C=O) groups is 1. The summed E-state index contributed by atoms with van der Waals surface area (Å²) in [6.45, 7) is 10.3. The van der Waals surface area contributed by atoms with Gasteiger partial charge in [-0.05, 0) is 47.5 Å². The quantitative estimate of drug-likeness (QED) is 0.634. The van der Waals surface area contributed by atoms with Crippen molar-refractivity contribution in [1.82, 2.24) is 14.5 Å². The second kappa shape index (κ2) is 8.57. The third kappa shape index (κ3) is 3.88. The summed E-state index contributed by atoms with van der Waals surface area (Å²) in [6, 6.07) is 10.3. The molecule has 154 valence electrons. The van der Waals surface area contributed by atoms with Crippen molar-refractivity contribution in [2.45, 2.75) is 31.7 Å². The van der Waals surface area contributed by atoms with E-state index in [1.807, 2.05) is 24.4 Å². The zero-order valence-electron chi connectivity index (χ0n) is 17.1. The Morgan fingerprint density at radius 2 is 2.07 bits per heavy atom. The average Bonchev–Trinajstić information content (AvgIpc) is 2.90. The molecule has 0 amide bonds. The first-order valence-electron chi connectivity index (χ1n) is 10.4. The first-order valence-corrected chi connectivity index (χ1v) is 10.4. The average molecular weight is 402 g/mol. The molecule has 3 aromatic rings. The molecule has 0 saturated carbocycles. The van der Waals surface area contributed by atoms with E-state index in [-0.39, 0.29) is 12.3 Å². The topological polar surface area (TPSA) is 58.4 Å². The molecule has 1 aliphatic heterocycles. The normalized spacial score (nSPS) is 14.7. The Labute approximate surface area is 177 Å².